The van der Waals surface area contributed by atoms with Gasteiger partial charge in [-0.05, 0) is 36.2 Å². The summed E-state index contributed by atoms with van der Waals surface area (Å²) >= 11 is 7.68. The zero-order valence-electron chi connectivity index (χ0n) is 12.6. The molecule has 0 saturated carbocycles. The molecule has 1 fully saturated rings. The van der Waals surface area contributed by atoms with Gasteiger partial charge in [-0.25, -0.2) is 8.42 Å². The molecule has 0 N–H and O–H groups in total. The van der Waals surface area contributed by atoms with E-state index in [0.717, 1.165) is 12.2 Å². The molecule has 0 amide bonds. The molecule has 0 spiro atoms. The van der Waals surface area contributed by atoms with Gasteiger partial charge in [-0.1, -0.05) is 41.9 Å². The van der Waals surface area contributed by atoms with E-state index in [0.29, 0.717) is 28.3 Å². The molecule has 0 aliphatic carbocycles. The normalized spacial score (nSPS) is 20.1. The van der Waals surface area contributed by atoms with Crippen LogP contribution in [0.2, 0.25) is 5.02 Å². The van der Waals surface area contributed by atoms with Crippen LogP contribution in [-0.2, 0) is 10.0 Å². The maximum Gasteiger partial charge on any atom is 0.243 e. The molecule has 1 aliphatic heterocycles. The summed E-state index contributed by atoms with van der Waals surface area (Å²) in [5, 5.41) is 0.890. The Hall–Kier alpha value is -1.01. The third-order valence-electron chi connectivity index (χ3n) is 3.92. The second-order valence-corrected chi connectivity index (χ2v) is 9.10. The van der Waals surface area contributed by atoms with Crippen LogP contribution in [0.1, 0.15) is 17.2 Å². The molecule has 1 unspecified atom stereocenters. The van der Waals surface area contributed by atoms with E-state index < -0.39 is 10.0 Å². The van der Waals surface area contributed by atoms with Gasteiger partial charge in [-0.2, -0.15) is 16.1 Å². The fourth-order valence-corrected chi connectivity index (χ4v) is 5.61. The summed E-state index contributed by atoms with van der Waals surface area (Å²) in [5.74, 6) is 0.798. The number of hydrogen-bond acceptors (Lipinski definition) is 3. The molecule has 23 heavy (non-hydrogen) atoms. The van der Waals surface area contributed by atoms with E-state index in [-0.39, 0.29) is 0 Å². The predicted molar refractivity (Wildman–Crippen MR) is 96.5 cm³/mol. The van der Waals surface area contributed by atoms with E-state index in [1.807, 2.05) is 30.0 Å². The van der Waals surface area contributed by atoms with E-state index in [4.69, 9.17) is 11.6 Å². The standard InChI is InChI=1S/C17H18ClNO2S2/c18-15-6-8-16(9-7-15)23(20,21)19-11-10-17(22-13-12-19)14-4-2-1-3-5-14/h1-9,17H,10-13H2. The smallest absolute Gasteiger partial charge is 0.207 e. The molecule has 0 radical (unpaired) electrons. The van der Waals surface area contributed by atoms with Crippen molar-refractivity contribution in [1.29, 1.82) is 0 Å². The Morgan fingerprint density at radius 2 is 1.70 bits per heavy atom. The minimum Gasteiger partial charge on any atom is -0.207 e. The van der Waals surface area contributed by atoms with Gasteiger partial charge in [0.15, 0.2) is 0 Å². The summed E-state index contributed by atoms with van der Waals surface area (Å²) in [6.45, 7) is 1.08. The molecule has 2 aromatic rings. The highest BCUT2D eigenvalue weighted by Gasteiger charge is 2.28. The first kappa shape index (κ1) is 16.8. The predicted octanol–water partition coefficient (Wildman–Crippen LogP) is 4.21. The van der Waals surface area contributed by atoms with Crippen molar-refractivity contribution < 1.29 is 8.42 Å². The summed E-state index contributed by atoms with van der Waals surface area (Å²) in [5.41, 5.74) is 1.27. The van der Waals surface area contributed by atoms with Crippen molar-refractivity contribution in [3.05, 3.63) is 65.2 Å². The van der Waals surface area contributed by atoms with Gasteiger partial charge in [0.2, 0.25) is 10.0 Å². The number of thioether (sulfide) groups is 1. The van der Waals surface area contributed by atoms with Crippen LogP contribution in [0.25, 0.3) is 0 Å². The average Bonchev–Trinajstić information content (AvgIpc) is 2.83. The molecular formula is C17H18ClNO2S2. The highest BCUT2D eigenvalue weighted by molar-refractivity contribution is 7.99. The Kier molecular flexibility index (Phi) is 5.31. The Labute approximate surface area is 146 Å². The average molecular weight is 368 g/mol. The number of benzene rings is 2. The Bertz CT molecular complexity index is 748. The van der Waals surface area contributed by atoms with Gasteiger partial charge in [0.1, 0.15) is 0 Å². The molecule has 3 rings (SSSR count). The molecule has 3 nitrogen and oxygen atoms in total. The van der Waals surface area contributed by atoms with Crippen molar-refractivity contribution in [3.63, 3.8) is 0 Å². The Morgan fingerprint density at radius 1 is 1.00 bits per heavy atom. The molecular weight excluding hydrogens is 350 g/mol. The number of hydrogen-bond donors (Lipinski definition) is 0. The molecule has 122 valence electrons. The van der Waals surface area contributed by atoms with Crippen LogP contribution in [0.5, 0.6) is 0 Å². The van der Waals surface area contributed by atoms with Crippen LogP contribution in [-0.4, -0.2) is 31.6 Å². The lowest BCUT2D eigenvalue weighted by Crippen LogP contribution is -2.33. The third-order valence-corrected chi connectivity index (χ3v) is 7.42. The molecule has 0 aromatic heterocycles. The van der Waals surface area contributed by atoms with Crippen LogP contribution in [0.15, 0.2) is 59.5 Å². The largest absolute Gasteiger partial charge is 0.243 e. The van der Waals surface area contributed by atoms with Crippen molar-refractivity contribution in [2.24, 2.45) is 0 Å². The lowest BCUT2D eigenvalue weighted by atomic mass is 10.1. The fourth-order valence-electron chi connectivity index (χ4n) is 2.68. The molecule has 1 heterocycles. The van der Waals surface area contributed by atoms with E-state index in [9.17, 15) is 8.42 Å². The Morgan fingerprint density at radius 3 is 2.39 bits per heavy atom. The topological polar surface area (TPSA) is 37.4 Å². The van der Waals surface area contributed by atoms with Crippen LogP contribution in [0.3, 0.4) is 0 Å². The van der Waals surface area contributed by atoms with Crippen molar-refractivity contribution in [2.75, 3.05) is 18.8 Å². The first-order chi connectivity index (χ1) is 11.1. The van der Waals surface area contributed by atoms with Crippen LogP contribution < -0.4 is 0 Å². The minimum atomic E-state index is -3.45. The van der Waals surface area contributed by atoms with Gasteiger partial charge >= 0.3 is 0 Å². The van der Waals surface area contributed by atoms with Gasteiger partial charge < -0.3 is 0 Å². The van der Waals surface area contributed by atoms with E-state index in [2.05, 4.69) is 12.1 Å². The van der Waals surface area contributed by atoms with E-state index >= 15 is 0 Å². The van der Waals surface area contributed by atoms with Gasteiger partial charge in [-0.3, -0.25) is 0 Å². The number of halogens is 1. The summed E-state index contributed by atoms with van der Waals surface area (Å²) in [6, 6.07) is 16.7. The second-order valence-electron chi connectivity index (χ2n) is 5.42. The highest BCUT2D eigenvalue weighted by atomic mass is 35.5. The van der Waals surface area contributed by atoms with Crippen LogP contribution in [0.4, 0.5) is 0 Å². The first-order valence-electron chi connectivity index (χ1n) is 7.49. The molecule has 2 aromatic carbocycles. The monoisotopic (exact) mass is 367 g/mol. The summed E-state index contributed by atoms with van der Waals surface area (Å²) in [6.07, 6.45) is 0.821. The molecule has 1 aliphatic rings. The maximum atomic E-state index is 12.8. The summed E-state index contributed by atoms with van der Waals surface area (Å²) in [4.78, 5) is 0.310. The quantitative estimate of drug-likeness (QED) is 0.815. The molecule has 1 atom stereocenters. The molecule has 0 bridgehead atoms. The molecule has 6 heteroatoms. The highest BCUT2D eigenvalue weighted by Crippen LogP contribution is 2.35. The first-order valence-corrected chi connectivity index (χ1v) is 10.4. The van der Waals surface area contributed by atoms with E-state index in [1.165, 1.54) is 5.56 Å². The maximum absolute atomic E-state index is 12.8. The lowest BCUT2D eigenvalue weighted by Gasteiger charge is -2.20. The zero-order chi connectivity index (χ0) is 16.3. The van der Waals surface area contributed by atoms with Gasteiger partial charge in [0.05, 0.1) is 4.90 Å². The van der Waals surface area contributed by atoms with Crippen molar-refractivity contribution >= 4 is 33.4 Å². The number of nitrogens with zero attached hydrogens (tertiary/aromatic N) is 1. The third kappa shape index (κ3) is 3.91. The number of rotatable bonds is 3. The van der Waals surface area contributed by atoms with E-state index in [1.54, 1.807) is 28.6 Å². The number of sulfonamides is 1. The molecule has 1 saturated heterocycles. The van der Waals surface area contributed by atoms with Crippen LogP contribution >= 0.6 is 23.4 Å². The van der Waals surface area contributed by atoms with Crippen molar-refractivity contribution in [1.82, 2.24) is 4.31 Å². The van der Waals surface area contributed by atoms with Gasteiger partial charge in [-0.15, -0.1) is 0 Å². The lowest BCUT2D eigenvalue weighted by molar-refractivity contribution is 0.428. The van der Waals surface area contributed by atoms with Crippen LogP contribution in [0, 0.1) is 0 Å². The second kappa shape index (κ2) is 7.26. The minimum absolute atomic E-state index is 0.310. The van der Waals surface area contributed by atoms with Crippen molar-refractivity contribution in [3.8, 4) is 0 Å². The van der Waals surface area contributed by atoms with Gasteiger partial charge in [0.25, 0.3) is 0 Å². The zero-order valence-corrected chi connectivity index (χ0v) is 14.9. The summed E-state index contributed by atoms with van der Waals surface area (Å²) in [7, 11) is -3.45. The van der Waals surface area contributed by atoms with Crippen molar-refractivity contribution in [2.45, 2.75) is 16.6 Å². The Balaban J connectivity index is 1.76. The fraction of sp³-hybridized carbons (Fsp3) is 0.294. The van der Waals surface area contributed by atoms with Gasteiger partial charge in [0, 0.05) is 29.1 Å². The summed E-state index contributed by atoms with van der Waals surface area (Å²) < 4.78 is 27.1. The SMILES string of the molecule is O=S(=O)(c1ccc(Cl)cc1)N1CCSC(c2ccccc2)CC1.